The molecule has 7 heavy (non-hydrogen) atoms. The Hall–Kier alpha value is 0.670. The molecule has 0 unspecified atom stereocenters. The average Bonchev–Trinajstić information content (AvgIpc) is 1.76. The summed E-state index contributed by atoms with van der Waals surface area (Å²) >= 11 is 0. The standard InChI is InChI=1S/C3H4N2.2HI/c1-2-5-3-4-1;;/h1-3H,(H,4,5);2*1H. The van der Waals surface area contributed by atoms with Crippen LogP contribution in [0, 0.1) is 0 Å². The minimum Gasteiger partial charge on any atom is -0.351 e. The molecule has 42 valence electrons. The molecule has 0 aliphatic rings. The highest BCUT2D eigenvalue weighted by Gasteiger charge is 1.56. The van der Waals surface area contributed by atoms with Crippen LogP contribution < -0.4 is 0 Å². The summed E-state index contributed by atoms with van der Waals surface area (Å²) in [5.74, 6) is 0. The summed E-state index contributed by atoms with van der Waals surface area (Å²) in [5.41, 5.74) is 0. The highest BCUT2D eigenvalue weighted by atomic mass is 127. The van der Waals surface area contributed by atoms with Gasteiger partial charge < -0.3 is 4.98 Å². The Bertz CT molecular complexity index is 67.4. The number of nitrogens with zero attached hydrogens (tertiary/aromatic N) is 1. The van der Waals surface area contributed by atoms with Crippen LogP contribution in [-0.2, 0) is 0 Å². The zero-order valence-electron chi connectivity index (χ0n) is 3.50. The molecule has 0 atom stereocenters. The third-order valence-corrected chi connectivity index (χ3v) is 0.406. The summed E-state index contributed by atoms with van der Waals surface area (Å²) in [7, 11) is 0. The molecule has 0 saturated carbocycles. The van der Waals surface area contributed by atoms with Gasteiger partial charge in [0.25, 0.3) is 0 Å². The van der Waals surface area contributed by atoms with Gasteiger partial charge >= 0.3 is 0 Å². The SMILES string of the molecule is I.I.c1c[nH]cn1. The molecule has 0 aromatic carbocycles. The van der Waals surface area contributed by atoms with E-state index in [0.29, 0.717) is 0 Å². The molecule has 1 heterocycles. The number of halogens is 2. The molecular formula is C3H6I2N2. The number of H-pyrrole nitrogens is 1. The predicted molar refractivity (Wildman–Crippen MR) is 49.4 cm³/mol. The number of rotatable bonds is 0. The third kappa shape index (κ3) is 4.52. The maximum absolute atomic E-state index is 3.67. The van der Waals surface area contributed by atoms with Crippen LogP contribution in [0.5, 0.6) is 0 Å². The van der Waals surface area contributed by atoms with Crippen LogP contribution in [0.25, 0.3) is 0 Å². The minimum atomic E-state index is 0. The minimum absolute atomic E-state index is 0. The molecule has 0 bridgehead atoms. The summed E-state index contributed by atoms with van der Waals surface area (Å²) in [6.45, 7) is 0. The molecule has 1 aromatic rings. The molecule has 0 radical (unpaired) electrons. The lowest BCUT2D eigenvalue weighted by atomic mass is 11.0. The van der Waals surface area contributed by atoms with E-state index < -0.39 is 0 Å². The summed E-state index contributed by atoms with van der Waals surface area (Å²) in [6.07, 6.45) is 5.08. The van der Waals surface area contributed by atoms with Crippen molar-refractivity contribution in [1.82, 2.24) is 9.97 Å². The van der Waals surface area contributed by atoms with Crippen LogP contribution in [0.15, 0.2) is 18.7 Å². The Morgan fingerprint density at radius 3 is 2.14 bits per heavy atom. The smallest absolute Gasteiger partial charge is 0.0919 e. The molecule has 0 aliphatic heterocycles. The first kappa shape index (κ1) is 10.6. The predicted octanol–water partition coefficient (Wildman–Crippen LogP) is 1.65. The highest BCUT2D eigenvalue weighted by Crippen LogP contribution is 1.62. The van der Waals surface area contributed by atoms with E-state index in [1.54, 1.807) is 18.7 Å². The molecule has 1 aromatic heterocycles. The van der Waals surface area contributed by atoms with E-state index in [0.717, 1.165) is 0 Å². The van der Waals surface area contributed by atoms with Crippen LogP contribution in [-0.4, -0.2) is 9.97 Å². The Kier molecular flexibility index (Phi) is 10.1. The topological polar surface area (TPSA) is 28.7 Å². The van der Waals surface area contributed by atoms with Gasteiger partial charge in [-0.05, 0) is 0 Å². The first-order chi connectivity index (χ1) is 2.50. The van der Waals surface area contributed by atoms with Gasteiger partial charge in [0.15, 0.2) is 0 Å². The monoisotopic (exact) mass is 324 g/mol. The summed E-state index contributed by atoms with van der Waals surface area (Å²) in [6, 6.07) is 0. The van der Waals surface area contributed by atoms with Gasteiger partial charge in [0.05, 0.1) is 6.33 Å². The molecule has 0 aliphatic carbocycles. The van der Waals surface area contributed by atoms with E-state index in [9.17, 15) is 0 Å². The number of nitrogens with one attached hydrogen (secondary N) is 1. The van der Waals surface area contributed by atoms with Crippen molar-refractivity contribution < 1.29 is 0 Å². The molecule has 4 heteroatoms. The second kappa shape index (κ2) is 6.67. The fraction of sp³-hybridized carbons (Fsp3) is 0. The Labute approximate surface area is 76.1 Å². The van der Waals surface area contributed by atoms with Crippen molar-refractivity contribution in [2.45, 2.75) is 0 Å². The van der Waals surface area contributed by atoms with Gasteiger partial charge in [-0.3, -0.25) is 0 Å². The van der Waals surface area contributed by atoms with E-state index in [1.165, 1.54) is 0 Å². The van der Waals surface area contributed by atoms with Gasteiger partial charge in [-0.1, -0.05) is 0 Å². The molecule has 0 fully saturated rings. The van der Waals surface area contributed by atoms with Crippen LogP contribution >= 0.6 is 48.0 Å². The van der Waals surface area contributed by atoms with Gasteiger partial charge in [-0.2, -0.15) is 0 Å². The highest BCUT2D eigenvalue weighted by molar-refractivity contribution is 14.0. The van der Waals surface area contributed by atoms with Crippen molar-refractivity contribution in [2.75, 3.05) is 0 Å². The van der Waals surface area contributed by atoms with E-state index in [4.69, 9.17) is 0 Å². The van der Waals surface area contributed by atoms with Gasteiger partial charge in [-0.15, -0.1) is 48.0 Å². The van der Waals surface area contributed by atoms with Gasteiger partial charge in [0.1, 0.15) is 0 Å². The lowest BCUT2D eigenvalue weighted by Crippen LogP contribution is -1.44. The fourth-order valence-electron chi connectivity index (χ4n) is 0.215. The van der Waals surface area contributed by atoms with Gasteiger partial charge in [0.2, 0.25) is 0 Å². The van der Waals surface area contributed by atoms with E-state index in [-0.39, 0.29) is 48.0 Å². The Morgan fingerprint density at radius 2 is 2.00 bits per heavy atom. The quantitative estimate of drug-likeness (QED) is 0.723. The van der Waals surface area contributed by atoms with Crippen LogP contribution in [0.4, 0.5) is 0 Å². The first-order valence-electron chi connectivity index (χ1n) is 1.43. The number of aromatic nitrogens is 2. The van der Waals surface area contributed by atoms with E-state index in [1.807, 2.05) is 0 Å². The lowest BCUT2D eigenvalue weighted by molar-refractivity contribution is 1.31. The normalized spacial score (nSPS) is 5.71. The molecule has 1 rings (SSSR count). The van der Waals surface area contributed by atoms with Crippen molar-refractivity contribution >= 4 is 48.0 Å². The largest absolute Gasteiger partial charge is 0.351 e. The lowest BCUT2D eigenvalue weighted by Gasteiger charge is -1.46. The maximum Gasteiger partial charge on any atom is 0.0919 e. The molecule has 0 amide bonds. The zero-order valence-corrected chi connectivity index (χ0v) is 8.16. The van der Waals surface area contributed by atoms with Crippen LogP contribution in [0.1, 0.15) is 0 Å². The zero-order chi connectivity index (χ0) is 3.54. The van der Waals surface area contributed by atoms with Crippen molar-refractivity contribution in [3.05, 3.63) is 18.7 Å². The summed E-state index contributed by atoms with van der Waals surface area (Å²) in [5, 5.41) is 0. The second-order valence-electron chi connectivity index (χ2n) is 0.761. The average molecular weight is 324 g/mol. The number of hydrogen-bond acceptors (Lipinski definition) is 1. The third-order valence-electron chi connectivity index (χ3n) is 0.406. The Balaban J connectivity index is 0. The van der Waals surface area contributed by atoms with Crippen molar-refractivity contribution in [1.29, 1.82) is 0 Å². The summed E-state index contributed by atoms with van der Waals surface area (Å²) in [4.78, 5) is 6.42. The van der Waals surface area contributed by atoms with Crippen LogP contribution in [0.2, 0.25) is 0 Å². The molecule has 1 N–H and O–H groups in total. The molecule has 0 saturated heterocycles. The van der Waals surface area contributed by atoms with E-state index >= 15 is 0 Å². The van der Waals surface area contributed by atoms with Gasteiger partial charge in [-0.25, -0.2) is 4.98 Å². The Morgan fingerprint density at radius 1 is 1.29 bits per heavy atom. The van der Waals surface area contributed by atoms with Crippen molar-refractivity contribution in [3.8, 4) is 0 Å². The molecule has 0 spiro atoms. The number of aromatic amines is 1. The summed E-state index contributed by atoms with van der Waals surface area (Å²) < 4.78 is 0. The number of imidazole rings is 1. The van der Waals surface area contributed by atoms with Crippen molar-refractivity contribution in [3.63, 3.8) is 0 Å². The van der Waals surface area contributed by atoms with Crippen molar-refractivity contribution in [2.24, 2.45) is 0 Å². The maximum atomic E-state index is 3.67. The number of hydrogen-bond donors (Lipinski definition) is 1. The second-order valence-corrected chi connectivity index (χ2v) is 0.761. The molecular weight excluding hydrogens is 318 g/mol. The van der Waals surface area contributed by atoms with Gasteiger partial charge in [0, 0.05) is 12.4 Å². The van der Waals surface area contributed by atoms with E-state index in [2.05, 4.69) is 9.97 Å². The molecule has 2 nitrogen and oxygen atoms in total. The fourth-order valence-corrected chi connectivity index (χ4v) is 0.215. The van der Waals surface area contributed by atoms with Crippen LogP contribution in [0.3, 0.4) is 0 Å². The first-order valence-corrected chi connectivity index (χ1v) is 1.43.